The van der Waals surface area contributed by atoms with E-state index in [1.54, 1.807) is 0 Å². The number of rotatable bonds is 1. The highest BCUT2D eigenvalue weighted by atomic mass is 16.4. The van der Waals surface area contributed by atoms with Crippen LogP contribution < -0.4 is 11.9 Å². The standard InChI is InChI=1S/C2H7NO2.4C2H4O2.H3N/c3-2(5)1-4;4*1-2(3)4;/h2,4-5H,1,3H2;4*1H3,(H,3,4);1H3. The van der Waals surface area contributed by atoms with Gasteiger partial charge in [-0.05, 0) is 0 Å². The van der Waals surface area contributed by atoms with E-state index >= 15 is 0 Å². The van der Waals surface area contributed by atoms with Gasteiger partial charge in [-0.25, -0.2) is 0 Å². The first-order chi connectivity index (χ1) is 9.20. The van der Waals surface area contributed by atoms with Crippen LogP contribution in [0.5, 0.6) is 0 Å². The Balaban J connectivity index is -0.0000000361. The third-order valence-electron chi connectivity index (χ3n) is 0.187. The fourth-order valence-corrected chi connectivity index (χ4v) is 0. The van der Waals surface area contributed by atoms with Crippen molar-refractivity contribution in [3.05, 3.63) is 0 Å². The summed E-state index contributed by atoms with van der Waals surface area (Å²) in [5.74, 6) is -3.33. The third kappa shape index (κ3) is 63200. The van der Waals surface area contributed by atoms with Crippen molar-refractivity contribution in [3.8, 4) is 0 Å². The van der Waals surface area contributed by atoms with Crippen molar-refractivity contribution >= 4 is 23.9 Å². The lowest BCUT2D eigenvalue weighted by Gasteiger charge is -1.91. The molecule has 0 aromatic carbocycles. The minimum Gasteiger partial charge on any atom is -0.481 e. The summed E-state index contributed by atoms with van der Waals surface area (Å²) in [6.07, 6.45) is -1.06. The minimum atomic E-state index is -1.06. The first-order valence-electron chi connectivity index (χ1n) is 5.03. The van der Waals surface area contributed by atoms with Crippen molar-refractivity contribution in [2.75, 3.05) is 6.61 Å². The van der Waals surface area contributed by atoms with Crippen molar-refractivity contribution in [2.45, 2.75) is 33.9 Å². The number of hydrogen-bond donors (Lipinski definition) is 8. The van der Waals surface area contributed by atoms with Crippen molar-refractivity contribution in [3.63, 3.8) is 0 Å². The van der Waals surface area contributed by atoms with Crippen LogP contribution >= 0.6 is 0 Å². The number of nitrogens with two attached hydrogens (primary N) is 1. The largest absolute Gasteiger partial charge is 0.481 e. The van der Waals surface area contributed by atoms with Crippen molar-refractivity contribution in [1.29, 1.82) is 0 Å². The molecule has 0 amide bonds. The zero-order chi connectivity index (χ0) is 18.6. The van der Waals surface area contributed by atoms with E-state index in [1.807, 2.05) is 0 Å². The quantitative estimate of drug-likeness (QED) is 0.262. The van der Waals surface area contributed by atoms with Gasteiger partial charge in [0.15, 0.2) is 0 Å². The molecule has 12 nitrogen and oxygen atoms in total. The molecule has 0 rings (SSSR count). The van der Waals surface area contributed by atoms with Gasteiger partial charge in [0.1, 0.15) is 6.23 Å². The maximum atomic E-state index is 9.00. The van der Waals surface area contributed by atoms with Crippen LogP contribution in [0.4, 0.5) is 0 Å². The van der Waals surface area contributed by atoms with Gasteiger partial charge >= 0.3 is 0 Å². The van der Waals surface area contributed by atoms with Gasteiger partial charge < -0.3 is 42.5 Å². The molecule has 1 atom stereocenters. The fraction of sp³-hybridized carbons (Fsp3) is 0.600. The van der Waals surface area contributed by atoms with Gasteiger partial charge in [-0.2, -0.15) is 0 Å². The zero-order valence-corrected chi connectivity index (χ0v) is 12.9. The topological polar surface area (TPSA) is 251 Å². The smallest absolute Gasteiger partial charge is 0.300 e. The van der Waals surface area contributed by atoms with Crippen molar-refractivity contribution in [2.24, 2.45) is 5.73 Å². The Kier molecular flexibility index (Phi) is 52.1. The van der Waals surface area contributed by atoms with E-state index in [2.05, 4.69) is 5.73 Å². The Labute approximate surface area is 127 Å². The molecule has 0 aromatic heterocycles. The second kappa shape index (κ2) is 31.2. The number of aliphatic hydroxyl groups excluding tert-OH is 2. The predicted molar refractivity (Wildman–Crippen MR) is 75.5 cm³/mol. The molecule has 0 bridgehead atoms. The molecule has 12 heteroatoms. The fourth-order valence-electron chi connectivity index (χ4n) is 0. The molecule has 0 aliphatic carbocycles. The molecular formula is C10H26N2O10. The summed E-state index contributed by atoms with van der Waals surface area (Å²) in [6, 6.07) is 0. The summed E-state index contributed by atoms with van der Waals surface area (Å²) < 4.78 is 0. The molecule has 0 spiro atoms. The average molecular weight is 334 g/mol. The summed E-state index contributed by atoms with van der Waals surface area (Å²) >= 11 is 0. The van der Waals surface area contributed by atoms with Crippen LogP contribution in [0, 0.1) is 0 Å². The number of carbonyl (C=O) groups is 4. The molecule has 0 heterocycles. The highest BCUT2D eigenvalue weighted by molar-refractivity contribution is 5.63. The van der Waals surface area contributed by atoms with Crippen LogP contribution in [0.25, 0.3) is 0 Å². The molecule has 0 aromatic rings. The van der Waals surface area contributed by atoms with Gasteiger partial charge in [0.25, 0.3) is 23.9 Å². The van der Waals surface area contributed by atoms with E-state index in [9.17, 15) is 0 Å². The number of aliphatic carboxylic acids is 4. The maximum absolute atomic E-state index is 9.00. The summed E-state index contributed by atoms with van der Waals surface area (Å²) in [5.41, 5.74) is 4.60. The van der Waals surface area contributed by atoms with Gasteiger partial charge in [0.2, 0.25) is 0 Å². The second-order valence-electron chi connectivity index (χ2n) is 2.83. The molecule has 0 saturated carbocycles. The molecule has 0 aliphatic heterocycles. The van der Waals surface area contributed by atoms with E-state index < -0.39 is 30.1 Å². The SMILES string of the molecule is CC(=O)O.CC(=O)O.CC(=O)O.CC(=O)O.N.NC(O)CO. The Morgan fingerprint density at radius 1 is 0.773 bits per heavy atom. The van der Waals surface area contributed by atoms with E-state index in [1.165, 1.54) is 0 Å². The minimum absolute atomic E-state index is 0. The van der Waals surface area contributed by atoms with E-state index in [4.69, 9.17) is 49.8 Å². The summed E-state index contributed by atoms with van der Waals surface area (Å²) in [6.45, 7) is 3.97. The van der Waals surface area contributed by atoms with Crippen LogP contribution in [0.3, 0.4) is 0 Å². The number of carboxylic acid groups (broad SMARTS) is 4. The number of carboxylic acids is 4. The molecule has 136 valence electrons. The Morgan fingerprint density at radius 2 is 0.818 bits per heavy atom. The van der Waals surface area contributed by atoms with E-state index in [0.717, 1.165) is 27.7 Å². The molecule has 0 radical (unpaired) electrons. The molecule has 11 N–H and O–H groups in total. The van der Waals surface area contributed by atoms with Crippen molar-refractivity contribution in [1.82, 2.24) is 6.15 Å². The molecule has 0 aliphatic rings. The van der Waals surface area contributed by atoms with Crippen LogP contribution in [-0.4, -0.2) is 67.4 Å². The Bertz CT molecular complexity index is 217. The molecule has 1 unspecified atom stereocenters. The van der Waals surface area contributed by atoms with E-state index in [-0.39, 0.29) is 12.8 Å². The van der Waals surface area contributed by atoms with Gasteiger partial charge in [-0.15, -0.1) is 0 Å². The second-order valence-corrected chi connectivity index (χ2v) is 2.83. The van der Waals surface area contributed by atoms with Crippen LogP contribution in [0.1, 0.15) is 27.7 Å². The summed E-state index contributed by atoms with van der Waals surface area (Å²) in [5, 5.41) is 45.3. The van der Waals surface area contributed by atoms with Gasteiger partial charge in [-0.1, -0.05) is 0 Å². The lowest BCUT2D eigenvalue weighted by Crippen LogP contribution is -2.22. The third-order valence-corrected chi connectivity index (χ3v) is 0.187. The first kappa shape index (κ1) is 36.7. The highest BCUT2D eigenvalue weighted by Crippen LogP contribution is 1.55. The number of aliphatic hydroxyl groups is 2. The molecule has 0 saturated heterocycles. The molecule has 22 heavy (non-hydrogen) atoms. The van der Waals surface area contributed by atoms with Gasteiger partial charge in [0.05, 0.1) is 6.61 Å². The predicted octanol–water partition coefficient (Wildman–Crippen LogP) is -1.22. The zero-order valence-electron chi connectivity index (χ0n) is 12.9. The van der Waals surface area contributed by atoms with Gasteiger partial charge in [0, 0.05) is 27.7 Å². The molecular weight excluding hydrogens is 308 g/mol. The normalized spacial score (nSPS) is 7.95. The average Bonchev–Trinajstić information content (AvgIpc) is 2.13. The lowest BCUT2D eigenvalue weighted by atomic mass is 10.7. The Hall–Kier alpha value is -2.28. The number of hydrogen-bond acceptors (Lipinski definition) is 8. The van der Waals surface area contributed by atoms with Gasteiger partial charge in [-0.3, -0.25) is 19.2 Å². The highest BCUT2D eigenvalue weighted by Gasteiger charge is 1.83. The van der Waals surface area contributed by atoms with Crippen LogP contribution in [0.2, 0.25) is 0 Å². The maximum Gasteiger partial charge on any atom is 0.300 e. The first-order valence-corrected chi connectivity index (χ1v) is 5.03. The summed E-state index contributed by atoms with van der Waals surface area (Å²) in [4.78, 5) is 36.0. The van der Waals surface area contributed by atoms with Crippen LogP contribution in [0.15, 0.2) is 0 Å². The Morgan fingerprint density at radius 3 is 0.818 bits per heavy atom. The lowest BCUT2D eigenvalue weighted by molar-refractivity contribution is -0.135. The van der Waals surface area contributed by atoms with Crippen molar-refractivity contribution < 1.29 is 49.8 Å². The van der Waals surface area contributed by atoms with Crippen LogP contribution in [-0.2, 0) is 19.2 Å². The van der Waals surface area contributed by atoms with E-state index in [0.29, 0.717) is 0 Å². The molecule has 0 fully saturated rings. The summed E-state index contributed by atoms with van der Waals surface area (Å²) in [7, 11) is 0. The monoisotopic (exact) mass is 334 g/mol.